The highest BCUT2D eigenvalue weighted by molar-refractivity contribution is 7.12. The minimum Gasteiger partial charge on any atom is -0.406 e. The average molecular weight is 300 g/mol. The molecule has 0 aliphatic heterocycles. The standard InChI is InChI=1S/C14H11F3O2S/c1-9-6-7-20-13(9)12(18)8-10-2-4-11(5-3-10)19-14(15,16)17/h2-7H,8H2,1H3. The zero-order chi connectivity index (χ0) is 14.8. The van der Waals surface area contributed by atoms with Crippen LogP contribution in [0.1, 0.15) is 20.8 Å². The van der Waals surface area contributed by atoms with Gasteiger partial charge in [0.1, 0.15) is 5.75 Å². The van der Waals surface area contributed by atoms with Gasteiger partial charge in [-0.15, -0.1) is 24.5 Å². The topological polar surface area (TPSA) is 26.3 Å². The minimum atomic E-state index is -4.70. The van der Waals surface area contributed by atoms with E-state index in [9.17, 15) is 18.0 Å². The van der Waals surface area contributed by atoms with Crippen molar-refractivity contribution >= 4 is 17.1 Å². The van der Waals surface area contributed by atoms with Gasteiger partial charge in [-0.1, -0.05) is 12.1 Å². The number of thiophene rings is 1. The summed E-state index contributed by atoms with van der Waals surface area (Å²) in [4.78, 5) is 12.7. The normalized spacial score (nSPS) is 11.4. The number of aryl methyl sites for hydroxylation is 1. The number of ketones is 1. The number of hydrogen-bond donors (Lipinski definition) is 0. The largest absolute Gasteiger partial charge is 0.573 e. The van der Waals surface area contributed by atoms with E-state index in [1.165, 1.54) is 35.6 Å². The summed E-state index contributed by atoms with van der Waals surface area (Å²) in [6.45, 7) is 1.85. The lowest BCUT2D eigenvalue weighted by atomic mass is 10.1. The molecule has 0 fully saturated rings. The van der Waals surface area contributed by atoms with Gasteiger partial charge in [-0.2, -0.15) is 0 Å². The monoisotopic (exact) mass is 300 g/mol. The molecular weight excluding hydrogens is 289 g/mol. The number of benzene rings is 1. The molecule has 0 radical (unpaired) electrons. The summed E-state index contributed by atoms with van der Waals surface area (Å²) < 4.78 is 39.8. The van der Waals surface area contributed by atoms with Crippen LogP contribution in [0.2, 0.25) is 0 Å². The molecule has 0 saturated heterocycles. The lowest BCUT2D eigenvalue weighted by molar-refractivity contribution is -0.274. The maximum Gasteiger partial charge on any atom is 0.573 e. The minimum absolute atomic E-state index is 0.0398. The van der Waals surface area contributed by atoms with Crippen LogP contribution >= 0.6 is 11.3 Å². The molecule has 106 valence electrons. The quantitative estimate of drug-likeness (QED) is 0.783. The summed E-state index contributed by atoms with van der Waals surface area (Å²) in [7, 11) is 0. The van der Waals surface area contributed by atoms with Crippen LogP contribution in [0.15, 0.2) is 35.7 Å². The molecule has 0 bridgehead atoms. The highest BCUT2D eigenvalue weighted by atomic mass is 32.1. The molecule has 20 heavy (non-hydrogen) atoms. The molecule has 0 amide bonds. The van der Waals surface area contributed by atoms with E-state index < -0.39 is 6.36 Å². The van der Waals surface area contributed by atoms with Crippen molar-refractivity contribution in [3.05, 3.63) is 51.7 Å². The molecule has 0 saturated carbocycles. The number of Topliss-reactive ketones (excluding diaryl/α,β-unsaturated/α-hetero) is 1. The predicted molar refractivity (Wildman–Crippen MR) is 70.2 cm³/mol. The molecule has 0 unspecified atom stereocenters. The third-order valence-corrected chi connectivity index (χ3v) is 3.69. The molecule has 1 aromatic carbocycles. The first-order chi connectivity index (χ1) is 9.35. The fourth-order valence-corrected chi connectivity index (χ4v) is 2.60. The Morgan fingerprint density at radius 2 is 1.85 bits per heavy atom. The van der Waals surface area contributed by atoms with E-state index in [0.29, 0.717) is 10.4 Å². The van der Waals surface area contributed by atoms with Crippen LogP contribution in [0.5, 0.6) is 5.75 Å². The Morgan fingerprint density at radius 1 is 1.20 bits per heavy atom. The van der Waals surface area contributed by atoms with Crippen molar-refractivity contribution in [3.63, 3.8) is 0 Å². The molecule has 1 aromatic heterocycles. The Kier molecular flexibility index (Phi) is 4.13. The second kappa shape index (κ2) is 5.66. The van der Waals surface area contributed by atoms with Gasteiger partial charge in [-0.25, -0.2) is 0 Å². The first kappa shape index (κ1) is 14.6. The Hall–Kier alpha value is -1.82. The van der Waals surface area contributed by atoms with Crippen LogP contribution < -0.4 is 4.74 Å². The predicted octanol–water partition coefficient (Wildman–Crippen LogP) is 4.38. The van der Waals surface area contributed by atoms with Gasteiger partial charge in [0, 0.05) is 6.42 Å². The van der Waals surface area contributed by atoms with Gasteiger partial charge in [-0.3, -0.25) is 4.79 Å². The van der Waals surface area contributed by atoms with Gasteiger partial charge in [0.2, 0.25) is 0 Å². The summed E-state index contributed by atoms with van der Waals surface area (Å²) in [5.41, 5.74) is 1.56. The Bertz CT molecular complexity index is 600. The molecule has 0 atom stereocenters. The van der Waals surface area contributed by atoms with Crippen molar-refractivity contribution in [3.8, 4) is 5.75 Å². The van der Waals surface area contributed by atoms with Crippen LogP contribution in [0.25, 0.3) is 0 Å². The Balaban J connectivity index is 2.04. The van der Waals surface area contributed by atoms with Gasteiger partial charge < -0.3 is 4.74 Å². The molecule has 0 aliphatic rings. The van der Waals surface area contributed by atoms with Crippen molar-refractivity contribution in [2.24, 2.45) is 0 Å². The highest BCUT2D eigenvalue weighted by Gasteiger charge is 2.30. The second-order valence-electron chi connectivity index (χ2n) is 4.22. The molecule has 0 aliphatic carbocycles. The maximum atomic E-state index is 12.0. The van der Waals surface area contributed by atoms with E-state index in [2.05, 4.69) is 4.74 Å². The maximum absolute atomic E-state index is 12.0. The number of alkyl halides is 3. The SMILES string of the molecule is Cc1ccsc1C(=O)Cc1ccc(OC(F)(F)F)cc1. The first-order valence-corrected chi connectivity index (χ1v) is 6.65. The first-order valence-electron chi connectivity index (χ1n) is 5.77. The van der Waals surface area contributed by atoms with Crippen LogP contribution in [0.4, 0.5) is 13.2 Å². The second-order valence-corrected chi connectivity index (χ2v) is 5.14. The summed E-state index contributed by atoms with van der Waals surface area (Å²) in [6, 6.07) is 7.19. The summed E-state index contributed by atoms with van der Waals surface area (Å²) >= 11 is 1.36. The molecule has 0 spiro atoms. The Labute approximate surface area is 117 Å². The molecule has 2 nitrogen and oxygen atoms in total. The number of rotatable bonds is 4. The van der Waals surface area contributed by atoms with Crippen molar-refractivity contribution in [1.29, 1.82) is 0 Å². The van der Waals surface area contributed by atoms with Gasteiger partial charge in [0.05, 0.1) is 4.88 Å². The van der Waals surface area contributed by atoms with E-state index in [1.807, 2.05) is 18.4 Å². The van der Waals surface area contributed by atoms with Gasteiger partial charge >= 0.3 is 6.36 Å². The third kappa shape index (κ3) is 3.84. The third-order valence-electron chi connectivity index (χ3n) is 2.64. The van der Waals surface area contributed by atoms with Crippen LogP contribution in [0, 0.1) is 6.92 Å². The van der Waals surface area contributed by atoms with E-state index in [-0.39, 0.29) is 18.0 Å². The lowest BCUT2D eigenvalue weighted by Crippen LogP contribution is -2.17. The fourth-order valence-electron chi connectivity index (χ4n) is 1.73. The smallest absolute Gasteiger partial charge is 0.406 e. The molecular formula is C14H11F3O2S. The number of carbonyl (C=O) groups excluding carboxylic acids is 1. The molecule has 0 N–H and O–H groups in total. The average Bonchev–Trinajstić information content (AvgIpc) is 2.76. The zero-order valence-corrected chi connectivity index (χ0v) is 11.3. The number of ether oxygens (including phenoxy) is 1. The van der Waals surface area contributed by atoms with Crippen LogP contribution in [0.3, 0.4) is 0 Å². The number of hydrogen-bond acceptors (Lipinski definition) is 3. The van der Waals surface area contributed by atoms with Gasteiger partial charge in [0.15, 0.2) is 5.78 Å². The summed E-state index contributed by atoms with van der Waals surface area (Å²) in [6.07, 6.45) is -4.54. The number of carbonyl (C=O) groups is 1. The van der Waals surface area contributed by atoms with E-state index in [0.717, 1.165) is 5.56 Å². The van der Waals surface area contributed by atoms with Gasteiger partial charge in [0.25, 0.3) is 0 Å². The van der Waals surface area contributed by atoms with Crippen molar-refractivity contribution in [2.75, 3.05) is 0 Å². The molecule has 6 heteroatoms. The van der Waals surface area contributed by atoms with E-state index in [4.69, 9.17) is 0 Å². The molecule has 2 aromatic rings. The van der Waals surface area contributed by atoms with Crippen LogP contribution in [-0.2, 0) is 6.42 Å². The van der Waals surface area contributed by atoms with Crippen molar-refractivity contribution in [1.82, 2.24) is 0 Å². The van der Waals surface area contributed by atoms with E-state index >= 15 is 0 Å². The van der Waals surface area contributed by atoms with Gasteiger partial charge in [-0.05, 0) is 41.6 Å². The number of halogens is 3. The molecule has 2 rings (SSSR count). The lowest BCUT2D eigenvalue weighted by Gasteiger charge is -2.09. The zero-order valence-electron chi connectivity index (χ0n) is 10.5. The fraction of sp³-hybridized carbons (Fsp3) is 0.214. The van der Waals surface area contributed by atoms with Crippen LogP contribution in [-0.4, -0.2) is 12.1 Å². The van der Waals surface area contributed by atoms with Crippen molar-refractivity contribution < 1.29 is 22.7 Å². The van der Waals surface area contributed by atoms with E-state index in [1.54, 1.807) is 0 Å². The van der Waals surface area contributed by atoms with Crippen molar-refractivity contribution in [2.45, 2.75) is 19.7 Å². The summed E-state index contributed by atoms with van der Waals surface area (Å²) in [5, 5.41) is 1.84. The highest BCUT2D eigenvalue weighted by Crippen LogP contribution is 2.24. The summed E-state index contributed by atoms with van der Waals surface area (Å²) in [5.74, 6) is -0.331. The molecule has 1 heterocycles. The Morgan fingerprint density at radius 3 is 2.35 bits per heavy atom.